The van der Waals surface area contributed by atoms with Gasteiger partial charge < -0.3 is 10.8 Å². The highest BCUT2D eigenvalue weighted by molar-refractivity contribution is 7.79. The molecule has 0 saturated heterocycles. The maximum atomic E-state index is 10.0. The molecule has 5 N–H and O–H groups in total. The van der Waals surface area contributed by atoms with Crippen LogP contribution in [-0.4, -0.2) is 34.6 Å². The van der Waals surface area contributed by atoms with Crippen LogP contribution in [0.15, 0.2) is 0 Å². The van der Waals surface area contributed by atoms with E-state index in [-0.39, 0.29) is 5.92 Å². The van der Waals surface area contributed by atoms with Crippen molar-refractivity contribution in [3.05, 3.63) is 0 Å². The van der Waals surface area contributed by atoms with Crippen molar-refractivity contribution in [3.8, 4) is 0 Å². The van der Waals surface area contributed by atoms with Crippen LogP contribution in [0.5, 0.6) is 0 Å². The van der Waals surface area contributed by atoms with Gasteiger partial charge in [-0.1, -0.05) is 13.8 Å². The fourth-order valence-corrected chi connectivity index (χ4v) is 0.285. The molecular weight excluding hydrogens is 202 g/mol. The van der Waals surface area contributed by atoms with E-state index in [4.69, 9.17) is 28.4 Å². The van der Waals surface area contributed by atoms with Crippen LogP contribution in [0.25, 0.3) is 0 Å². The topological polar surface area (TPSA) is 138 Å². The highest BCUT2D eigenvalue weighted by atomic mass is 32.3. The SMILES string of the molecule is CC(C)C(N)C(=O)O.O=S(=O)(O)O. The van der Waals surface area contributed by atoms with Gasteiger partial charge in [0.2, 0.25) is 0 Å². The summed E-state index contributed by atoms with van der Waals surface area (Å²) < 4.78 is 31.6. The zero-order chi connectivity index (χ0) is 11.2. The number of hydrogen-bond acceptors (Lipinski definition) is 4. The van der Waals surface area contributed by atoms with Crippen molar-refractivity contribution in [1.29, 1.82) is 0 Å². The second kappa shape index (κ2) is 5.86. The summed E-state index contributed by atoms with van der Waals surface area (Å²) in [6, 6.07) is -0.713. The molecule has 0 fully saturated rings. The van der Waals surface area contributed by atoms with Crippen LogP contribution in [0, 0.1) is 5.92 Å². The van der Waals surface area contributed by atoms with Gasteiger partial charge in [0.25, 0.3) is 0 Å². The van der Waals surface area contributed by atoms with E-state index < -0.39 is 22.4 Å². The number of nitrogens with two attached hydrogens (primary N) is 1. The molecule has 8 heteroatoms. The average molecular weight is 215 g/mol. The zero-order valence-electron chi connectivity index (χ0n) is 7.21. The summed E-state index contributed by atoms with van der Waals surface area (Å²) in [5.41, 5.74) is 5.16. The van der Waals surface area contributed by atoms with E-state index in [0.717, 1.165) is 0 Å². The lowest BCUT2D eigenvalue weighted by atomic mass is 10.1. The molecule has 0 aliphatic carbocycles. The summed E-state index contributed by atoms with van der Waals surface area (Å²) in [4.78, 5) is 10.0. The van der Waals surface area contributed by atoms with Gasteiger partial charge in [0.1, 0.15) is 6.04 Å². The van der Waals surface area contributed by atoms with Crippen LogP contribution >= 0.6 is 0 Å². The van der Waals surface area contributed by atoms with Gasteiger partial charge in [-0.05, 0) is 5.92 Å². The second-order valence-electron chi connectivity index (χ2n) is 2.56. The van der Waals surface area contributed by atoms with Gasteiger partial charge in [0, 0.05) is 0 Å². The molecule has 0 saturated carbocycles. The average Bonchev–Trinajstić information content (AvgIpc) is 1.81. The largest absolute Gasteiger partial charge is 0.480 e. The molecule has 1 atom stereocenters. The number of hydrogen-bond donors (Lipinski definition) is 4. The zero-order valence-corrected chi connectivity index (χ0v) is 8.02. The van der Waals surface area contributed by atoms with Crippen molar-refractivity contribution in [2.24, 2.45) is 11.7 Å². The number of carbonyl (C=O) groups is 1. The monoisotopic (exact) mass is 215 g/mol. The Morgan fingerprint density at radius 3 is 1.54 bits per heavy atom. The molecule has 0 aliphatic heterocycles. The van der Waals surface area contributed by atoms with Crippen LogP contribution < -0.4 is 5.73 Å². The molecule has 0 heterocycles. The van der Waals surface area contributed by atoms with Gasteiger partial charge in [0.15, 0.2) is 0 Å². The standard InChI is InChI=1S/C5H11NO2.H2O4S/c1-3(2)4(6)5(7)8;1-5(2,3)4/h3-4H,6H2,1-2H3,(H,7,8);(H2,1,2,3,4). The lowest BCUT2D eigenvalue weighted by molar-refractivity contribution is -0.139. The quantitative estimate of drug-likeness (QED) is 0.451. The highest BCUT2D eigenvalue weighted by Crippen LogP contribution is 1.96. The Morgan fingerprint density at radius 2 is 1.54 bits per heavy atom. The normalized spacial score (nSPS) is 13.1. The lowest BCUT2D eigenvalue weighted by Gasteiger charge is -2.07. The van der Waals surface area contributed by atoms with Gasteiger partial charge in [0.05, 0.1) is 0 Å². The Morgan fingerprint density at radius 1 is 1.31 bits per heavy atom. The molecule has 13 heavy (non-hydrogen) atoms. The molecule has 1 unspecified atom stereocenters. The van der Waals surface area contributed by atoms with Gasteiger partial charge in [-0.3, -0.25) is 13.9 Å². The summed E-state index contributed by atoms with van der Waals surface area (Å²) in [7, 11) is -4.67. The Hall–Kier alpha value is -0.700. The molecule has 0 aromatic rings. The lowest BCUT2D eigenvalue weighted by Crippen LogP contribution is -2.34. The first-order valence-corrected chi connectivity index (χ1v) is 4.63. The van der Waals surface area contributed by atoms with E-state index in [0.29, 0.717) is 0 Å². The van der Waals surface area contributed by atoms with Crippen molar-refractivity contribution in [1.82, 2.24) is 0 Å². The summed E-state index contributed by atoms with van der Waals surface area (Å²) in [5.74, 6) is -0.910. The summed E-state index contributed by atoms with van der Waals surface area (Å²) >= 11 is 0. The van der Waals surface area contributed by atoms with Gasteiger partial charge in [-0.2, -0.15) is 8.42 Å². The maximum Gasteiger partial charge on any atom is 0.394 e. The first-order valence-electron chi connectivity index (χ1n) is 3.24. The fraction of sp³-hybridized carbons (Fsp3) is 0.800. The molecule has 0 bridgehead atoms. The van der Waals surface area contributed by atoms with Gasteiger partial charge in [-0.15, -0.1) is 0 Å². The number of rotatable bonds is 2. The van der Waals surface area contributed by atoms with Crippen molar-refractivity contribution in [2.45, 2.75) is 19.9 Å². The van der Waals surface area contributed by atoms with E-state index in [1.54, 1.807) is 13.8 Å². The van der Waals surface area contributed by atoms with Gasteiger partial charge >= 0.3 is 16.4 Å². The molecule has 0 aliphatic rings. The third kappa shape index (κ3) is 18.3. The fourth-order valence-electron chi connectivity index (χ4n) is 0.285. The van der Waals surface area contributed by atoms with E-state index >= 15 is 0 Å². The van der Waals surface area contributed by atoms with Crippen molar-refractivity contribution >= 4 is 16.4 Å². The van der Waals surface area contributed by atoms with Gasteiger partial charge in [-0.25, -0.2) is 0 Å². The molecule has 0 spiro atoms. The summed E-state index contributed by atoms with van der Waals surface area (Å²) in [6.45, 7) is 3.55. The first kappa shape index (κ1) is 14.8. The summed E-state index contributed by atoms with van der Waals surface area (Å²) in [6.07, 6.45) is 0. The molecule has 80 valence electrons. The third-order valence-corrected chi connectivity index (χ3v) is 1.00. The van der Waals surface area contributed by atoms with Crippen LogP contribution in [-0.2, 0) is 15.2 Å². The second-order valence-corrected chi connectivity index (χ2v) is 3.45. The molecule has 0 radical (unpaired) electrons. The van der Waals surface area contributed by atoms with Crippen molar-refractivity contribution in [2.75, 3.05) is 0 Å². The van der Waals surface area contributed by atoms with E-state index in [1.165, 1.54) is 0 Å². The Balaban J connectivity index is 0. The smallest absolute Gasteiger partial charge is 0.394 e. The Kier molecular flexibility index (Phi) is 6.68. The maximum absolute atomic E-state index is 10.0. The van der Waals surface area contributed by atoms with Crippen LogP contribution in [0.3, 0.4) is 0 Å². The Bertz CT molecular complexity index is 238. The minimum atomic E-state index is -4.67. The minimum Gasteiger partial charge on any atom is -0.480 e. The van der Waals surface area contributed by atoms with Crippen LogP contribution in [0.2, 0.25) is 0 Å². The van der Waals surface area contributed by atoms with Crippen molar-refractivity contribution < 1.29 is 27.4 Å². The summed E-state index contributed by atoms with van der Waals surface area (Å²) in [5, 5.41) is 8.23. The number of carboxylic acids is 1. The van der Waals surface area contributed by atoms with Crippen LogP contribution in [0.1, 0.15) is 13.8 Å². The molecule has 0 amide bonds. The number of carboxylic acid groups (broad SMARTS) is 1. The predicted molar refractivity (Wildman–Crippen MR) is 44.6 cm³/mol. The van der Waals surface area contributed by atoms with Crippen LogP contribution in [0.4, 0.5) is 0 Å². The van der Waals surface area contributed by atoms with E-state index in [2.05, 4.69) is 0 Å². The first-order chi connectivity index (χ1) is 5.55. The minimum absolute atomic E-state index is 0.0208. The molecule has 0 rings (SSSR count). The Labute approximate surface area is 76.1 Å². The van der Waals surface area contributed by atoms with Crippen molar-refractivity contribution in [3.63, 3.8) is 0 Å². The predicted octanol–water partition coefficient (Wildman–Crippen LogP) is -0.598. The molecule has 7 nitrogen and oxygen atoms in total. The number of aliphatic carboxylic acids is 1. The molecular formula is C5H13NO6S. The van der Waals surface area contributed by atoms with E-state index in [1.807, 2.05) is 0 Å². The molecule has 0 aromatic carbocycles. The molecule has 0 aromatic heterocycles. The van der Waals surface area contributed by atoms with E-state index in [9.17, 15) is 4.79 Å². The third-order valence-electron chi connectivity index (χ3n) is 1.00. The highest BCUT2D eigenvalue weighted by Gasteiger charge is 2.14.